The topological polar surface area (TPSA) is 60.6 Å². The third-order valence-electron chi connectivity index (χ3n) is 2.46. The molecule has 1 rings (SSSR count). The molecule has 0 radical (unpaired) electrons. The molecule has 5 nitrogen and oxygen atoms in total. The van der Waals surface area contributed by atoms with Gasteiger partial charge in [-0.1, -0.05) is 0 Å². The van der Waals surface area contributed by atoms with Crippen LogP contribution in [0.25, 0.3) is 0 Å². The molecule has 0 aromatic carbocycles. The van der Waals surface area contributed by atoms with Crippen LogP contribution in [0.15, 0.2) is 6.20 Å². The van der Waals surface area contributed by atoms with Gasteiger partial charge in [0.25, 0.3) is 0 Å². The zero-order valence-electron chi connectivity index (χ0n) is 11.2. The molecule has 0 aliphatic heterocycles. The normalized spacial score (nSPS) is 11.3. The lowest BCUT2D eigenvalue weighted by Gasteiger charge is -2.21. The Bertz CT molecular complexity index is 310. The molecule has 0 aliphatic rings. The zero-order valence-corrected chi connectivity index (χ0v) is 12.0. The van der Waals surface area contributed by atoms with Crippen LogP contribution in [0.1, 0.15) is 18.7 Å². The smallest absolute Gasteiger partial charge is 0.180 e. The first kappa shape index (κ1) is 15.4. The summed E-state index contributed by atoms with van der Waals surface area (Å²) in [5, 5.41) is 0.625. The van der Waals surface area contributed by atoms with E-state index in [4.69, 9.17) is 15.2 Å². The minimum atomic E-state index is 0.625. The second-order valence-corrected chi connectivity index (χ2v) is 4.98. The minimum Gasteiger partial charge on any atom is -0.380 e. The molecule has 1 aromatic heterocycles. The fourth-order valence-electron chi connectivity index (χ4n) is 1.56. The molecule has 0 saturated heterocycles. The molecule has 0 spiro atoms. The van der Waals surface area contributed by atoms with Gasteiger partial charge in [-0.15, -0.1) is 11.3 Å². The number of anilines is 1. The first-order chi connectivity index (χ1) is 8.76. The summed E-state index contributed by atoms with van der Waals surface area (Å²) in [4.78, 5) is 7.55. The number of ether oxygens (including phenoxy) is 2. The fourth-order valence-corrected chi connectivity index (χ4v) is 2.29. The Morgan fingerprint density at radius 2 is 1.83 bits per heavy atom. The van der Waals surface area contributed by atoms with Gasteiger partial charge in [0.15, 0.2) is 5.13 Å². The third kappa shape index (κ3) is 6.30. The van der Waals surface area contributed by atoms with Gasteiger partial charge in [-0.2, -0.15) is 0 Å². The second kappa shape index (κ2) is 9.27. The van der Waals surface area contributed by atoms with E-state index in [0.717, 1.165) is 46.1 Å². The summed E-state index contributed by atoms with van der Waals surface area (Å²) < 4.78 is 10.8. The van der Waals surface area contributed by atoms with Crippen LogP contribution >= 0.6 is 11.3 Å². The van der Waals surface area contributed by atoms with Gasteiger partial charge in [0.05, 0.1) is 13.2 Å². The molecule has 1 aromatic rings. The molecule has 0 fully saturated rings. The van der Waals surface area contributed by atoms with E-state index in [2.05, 4.69) is 9.88 Å². The van der Waals surface area contributed by atoms with Crippen molar-refractivity contribution in [2.45, 2.75) is 20.4 Å². The summed E-state index contributed by atoms with van der Waals surface area (Å²) in [7, 11) is 0. The Labute approximate surface area is 113 Å². The lowest BCUT2D eigenvalue weighted by Crippen LogP contribution is -2.30. The van der Waals surface area contributed by atoms with E-state index in [-0.39, 0.29) is 0 Å². The predicted molar refractivity (Wildman–Crippen MR) is 74.8 cm³/mol. The first-order valence-electron chi connectivity index (χ1n) is 6.34. The summed E-state index contributed by atoms with van der Waals surface area (Å²) in [6, 6.07) is 0. The highest BCUT2D eigenvalue weighted by molar-refractivity contribution is 7.15. The van der Waals surface area contributed by atoms with Gasteiger partial charge in [0.2, 0.25) is 0 Å². The fraction of sp³-hybridized carbons (Fsp3) is 0.750. The highest BCUT2D eigenvalue weighted by Crippen LogP contribution is 2.16. The molecule has 18 heavy (non-hydrogen) atoms. The maximum absolute atomic E-state index is 5.64. The Balaban J connectivity index is 2.37. The molecule has 104 valence electrons. The molecular formula is C12H23N3O2S. The first-order valence-corrected chi connectivity index (χ1v) is 7.16. The van der Waals surface area contributed by atoms with Crippen molar-refractivity contribution < 1.29 is 9.47 Å². The molecule has 0 bridgehead atoms. The number of rotatable bonds is 10. The minimum absolute atomic E-state index is 0.625. The highest BCUT2D eigenvalue weighted by Gasteiger charge is 2.08. The number of nitrogens with zero attached hydrogens (tertiary/aromatic N) is 2. The van der Waals surface area contributed by atoms with Gasteiger partial charge in [-0.25, -0.2) is 4.98 Å². The van der Waals surface area contributed by atoms with E-state index in [0.29, 0.717) is 5.13 Å². The molecule has 0 unspecified atom stereocenters. The van der Waals surface area contributed by atoms with Crippen molar-refractivity contribution in [2.24, 2.45) is 0 Å². The average Bonchev–Trinajstić information content (AvgIpc) is 2.75. The molecule has 0 atom stereocenters. The summed E-state index contributed by atoms with van der Waals surface area (Å²) in [6.45, 7) is 9.68. The SMILES string of the molecule is CCOCCN(CCOCC)Cc1cnc(N)s1. The molecule has 0 aliphatic carbocycles. The Morgan fingerprint density at radius 1 is 1.22 bits per heavy atom. The van der Waals surface area contributed by atoms with E-state index < -0.39 is 0 Å². The van der Waals surface area contributed by atoms with Crippen LogP contribution in [-0.4, -0.2) is 49.4 Å². The van der Waals surface area contributed by atoms with Crippen LogP contribution in [0.2, 0.25) is 0 Å². The molecule has 0 saturated carbocycles. The van der Waals surface area contributed by atoms with E-state index in [1.165, 1.54) is 16.2 Å². The molecule has 6 heteroatoms. The number of hydrogen-bond donors (Lipinski definition) is 1. The summed E-state index contributed by atoms with van der Waals surface area (Å²) in [5.74, 6) is 0. The van der Waals surface area contributed by atoms with E-state index >= 15 is 0 Å². The number of nitrogen functional groups attached to an aromatic ring is 1. The van der Waals surface area contributed by atoms with Gasteiger partial charge in [-0.05, 0) is 13.8 Å². The van der Waals surface area contributed by atoms with Gasteiger partial charge in [-0.3, -0.25) is 4.90 Å². The molecular weight excluding hydrogens is 250 g/mol. The van der Waals surface area contributed by atoms with Crippen molar-refractivity contribution in [1.82, 2.24) is 9.88 Å². The van der Waals surface area contributed by atoms with E-state index in [1.807, 2.05) is 20.0 Å². The average molecular weight is 273 g/mol. The van der Waals surface area contributed by atoms with Crippen LogP contribution in [0.5, 0.6) is 0 Å². The van der Waals surface area contributed by atoms with Crippen LogP contribution in [-0.2, 0) is 16.0 Å². The van der Waals surface area contributed by atoms with Crippen molar-refractivity contribution in [1.29, 1.82) is 0 Å². The van der Waals surface area contributed by atoms with Crippen LogP contribution in [0.4, 0.5) is 5.13 Å². The molecule has 0 amide bonds. The summed E-state index contributed by atoms with van der Waals surface area (Å²) in [5.41, 5.74) is 5.64. The summed E-state index contributed by atoms with van der Waals surface area (Å²) >= 11 is 1.54. The number of nitrogens with two attached hydrogens (primary N) is 1. The van der Waals surface area contributed by atoms with Crippen molar-refractivity contribution in [3.05, 3.63) is 11.1 Å². The van der Waals surface area contributed by atoms with Gasteiger partial charge >= 0.3 is 0 Å². The Morgan fingerprint density at radius 3 is 2.28 bits per heavy atom. The predicted octanol–water partition coefficient (Wildman–Crippen LogP) is 1.60. The molecule has 2 N–H and O–H groups in total. The lowest BCUT2D eigenvalue weighted by molar-refractivity contribution is 0.0802. The van der Waals surface area contributed by atoms with Crippen molar-refractivity contribution in [2.75, 3.05) is 45.3 Å². The number of hydrogen-bond acceptors (Lipinski definition) is 6. The zero-order chi connectivity index (χ0) is 13.2. The van der Waals surface area contributed by atoms with Gasteiger partial charge in [0, 0.05) is 43.9 Å². The summed E-state index contributed by atoms with van der Waals surface area (Å²) in [6.07, 6.45) is 1.84. The van der Waals surface area contributed by atoms with Crippen molar-refractivity contribution in [3.63, 3.8) is 0 Å². The van der Waals surface area contributed by atoms with Gasteiger partial charge in [0.1, 0.15) is 0 Å². The van der Waals surface area contributed by atoms with E-state index in [1.54, 1.807) is 0 Å². The highest BCUT2D eigenvalue weighted by atomic mass is 32.1. The number of aromatic nitrogens is 1. The Kier molecular flexibility index (Phi) is 7.91. The quantitative estimate of drug-likeness (QED) is 0.656. The van der Waals surface area contributed by atoms with E-state index in [9.17, 15) is 0 Å². The second-order valence-electron chi connectivity index (χ2n) is 3.83. The van der Waals surface area contributed by atoms with Crippen LogP contribution in [0, 0.1) is 0 Å². The number of thiazole rings is 1. The van der Waals surface area contributed by atoms with Crippen LogP contribution in [0.3, 0.4) is 0 Å². The Hall–Kier alpha value is -0.690. The maximum Gasteiger partial charge on any atom is 0.180 e. The van der Waals surface area contributed by atoms with Crippen molar-refractivity contribution >= 4 is 16.5 Å². The monoisotopic (exact) mass is 273 g/mol. The maximum atomic E-state index is 5.64. The standard InChI is InChI=1S/C12H23N3O2S/c1-3-16-7-5-15(6-8-17-4-2)10-11-9-14-12(13)18-11/h9H,3-8,10H2,1-2H3,(H2,13,14). The van der Waals surface area contributed by atoms with Crippen LogP contribution < -0.4 is 5.73 Å². The lowest BCUT2D eigenvalue weighted by atomic mass is 10.4. The van der Waals surface area contributed by atoms with Gasteiger partial charge < -0.3 is 15.2 Å². The van der Waals surface area contributed by atoms with Crippen molar-refractivity contribution in [3.8, 4) is 0 Å². The third-order valence-corrected chi connectivity index (χ3v) is 3.27. The molecule has 1 heterocycles. The largest absolute Gasteiger partial charge is 0.380 e.